The van der Waals surface area contributed by atoms with Crippen LogP contribution in [0, 0.1) is 0 Å². The third-order valence-corrected chi connectivity index (χ3v) is 6.55. The molecule has 0 saturated carbocycles. The molecule has 2 aromatic carbocycles. The lowest BCUT2D eigenvalue weighted by Crippen LogP contribution is -2.43. The van der Waals surface area contributed by atoms with E-state index in [-0.39, 0.29) is 5.02 Å². The summed E-state index contributed by atoms with van der Waals surface area (Å²) in [6.07, 6.45) is -4.68. The fourth-order valence-corrected chi connectivity index (χ4v) is 4.82. The monoisotopic (exact) mass is 448 g/mol. The van der Waals surface area contributed by atoms with Gasteiger partial charge in [0.25, 0.3) is 0 Å². The first-order valence-electron chi connectivity index (χ1n) is 8.91. The number of nitrogens with zero attached hydrogens (tertiary/aromatic N) is 1. The number of hydrogen-bond donors (Lipinski definition) is 1. The maximum absolute atomic E-state index is 13.0. The van der Waals surface area contributed by atoms with Crippen LogP contribution in [0.5, 0.6) is 0 Å². The summed E-state index contributed by atoms with van der Waals surface area (Å²) in [5, 5.41) is -0.274. The molecule has 1 atom stereocenters. The minimum atomic E-state index is -4.68. The van der Waals surface area contributed by atoms with Gasteiger partial charge in [-0.25, -0.2) is 13.1 Å². The molecule has 0 bridgehead atoms. The van der Waals surface area contributed by atoms with E-state index in [4.69, 9.17) is 16.3 Å². The predicted molar refractivity (Wildman–Crippen MR) is 103 cm³/mol. The van der Waals surface area contributed by atoms with Crippen molar-refractivity contribution in [2.24, 2.45) is 0 Å². The Labute approximate surface area is 172 Å². The number of nitrogens with one attached hydrogen (secondary N) is 1. The zero-order valence-electron chi connectivity index (χ0n) is 15.3. The zero-order valence-corrected chi connectivity index (χ0v) is 16.9. The number of rotatable bonds is 6. The predicted octanol–water partition coefficient (Wildman–Crippen LogP) is 3.71. The van der Waals surface area contributed by atoms with E-state index in [1.165, 1.54) is 0 Å². The summed E-state index contributed by atoms with van der Waals surface area (Å²) in [6.45, 7) is 2.69. The molecule has 1 aliphatic heterocycles. The Morgan fingerprint density at radius 1 is 1.10 bits per heavy atom. The van der Waals surface area contributed by atoms with Crippen LogP contribution in [-0.4, -0.2) is 46.2 Å². The van der Waals surface area contributed by atoms with Crippen LogP contribution in [0.4, 0.5) is 13.2 Å². The Morgan fingerprint density at radius 3 is 2.38 bits per heavy atom. The largest absolute Gasteiger partial charge is 0.416 e. The van der Waals surface area contributed by atoms with Crippen LogP contribution in [0.3, 0.4) is 0 Å². The van der Waals surface area contributed by atoms with Gasteiger partial charge in [-0.15, -0.1) is 0 Å². The maximum Gasteiger partial charge on any atom is 0.416 e. The fraction of sp³-hybridized carbons (Fsp3) is 0.368. The second-order valence-corrected chi connectivity index (χ2v) is 8.73. The summed E-state index contributed by atoms with van der Waals surface area (Å²) >= 11 is 5.94. The van der Waals surface area contributed by atoms with Crippen LogP contribution >= 0.6 is 11.6 Å². The minimum Gasteiger partial charge on any atom is -0.379 e. The molecular weight excluding hydrogens is 429 g/mol. The standard InChI is InChI=1S/C19H20ClF3N2O3S/c20-16-7-6-15(19(21,22)23)12-18(16)29(26,27)24-17(14-4-2-1-3-5-14)13-25-8-10-28-11-9-25/h1-7,12,17,24H,8-11,13H2/t17-/m0/s1. The molecule has 0 radical (unpaired) electrons. The van der Waals surface area contributed by atoms with Gasteiger partial charge in [0.15, 0.2) is 0 Å². The highest BCUT2D eigenvalue weighted by Gasteiger charge is 2.33. The molecule has 0 spiro atoms. The van der Waals surface area contributed by atoms with Gasteiger partial charge in [-0.05, 0) is 23.8 Å². The van der Waals surface area contributed by atoms with Crippen molar-refractivity contribution in [3.63, 3.8) is 0 Å². The summed E-state index contributed by atoms with van der Waals surface area (Å²) in [7, 11) is -4.31. The van der Waals surface area contributed by atoms with Gasteiger partial charge >= 0.3 is 6.18 Å². The van der Waals surface area contributed by atoms with Gasteiger partial charge < -0.3 is 4.74 Å². The van der Waals surface area contributed by atoms with Gasteiger partial charge in [0, 0.05) is 19.6 Å². The maximum atomic E-state index is 13.0. The summed E-state index contributed by atoms with van der Waals surface area (Å²) < 4.78 is 72.9. The van der Waals surface area contributed by atoms with Gasteiger partial charge in [0.2, 0.25) is 10.0 Å². The van der Waals surface area contributed by atoms with Gasteiger partial charge in [-0.2, -0.15) is 13.2 Å². The Balaban J connectivity index is 1.91. The molecular formula is C19H20ClF3N2O3S. The highest BCUT2D eigenvalue weighted by Crippen LogP contribution is 2.33. The van der Waals surface area contributed by atoms with Crippen LogP contribution in [0.25, 0.3) is 0 Å². The molecule has 0 amide bonds. The van der Waals surface area contributed by atoms with Crippen molar-refractivity contribution >= 4 is 21.6 Å². The smallest absolute Gasteiger partial charge is 0.379 e. The number of ether oxygens (including phenoxy) is 1. The molecule has 3 rings (SSSR count). The normalized spacial score (nSPS) is 17.2. The average molecular weight is 449 g/mol. The van der Waals surface area contributed by atoms with Crippen molar-refractivity contribution in [2.75, 3.05) is 32.8 Å². The van der Waals surface area contributed by atoms with Gasteiger partial charge in [0.1, 0.15) is 4.90 Å². The number of morpholine rings is 1. The molecule has 1 heterocycles. The zero-order chi connectivity index (χ0) is 21.1. The van der Waals surface area contributed by atoms with E-state index in [1.807, 2.05) is 4.90 Å². The SMILES string of the molecule is O=S(=O)(N[C@@H](CN1CCOCC1)c1ccccc1)c1cc(C(F)(F)F)ccc1Cl. The molecule has 0 aliphatic carbocycles. The molecule has 1 saturated heterocycles. The Morgan fingerprint density at radius 2 is 1.76 bits per heavy atom. The molecule has 1 aliphatic rings. The van der Waals surface area contributed by atoms with E-state index in [2.05, 4.69) is 4.72 Å². The van der Waals surface area contributed by atoms with Crippen LogP contribution in [0.15, 0.2) is 53.4 Å². The molecule has 1 N–H and O–H groups in total. The van der Waals surface area contributed by atoms with E-state index in [0.717, 1.165) is 12.1 Å². The Kier molecular flexibility index (Phi) is 6.85. The van der Waals surface area contributed by atoms with E-state index in [9.17, 15) is 21.6 Å². The molecule has 5 nitrogen and oxygen atoms in total. The first kappa shape index (κ1) is 22.0. The number of sulfonamides is 1. The Hall–Kier alpha value is -1.65. The minimum absolute atomic E-state index is 0.274. The lowest BCUT2D eigenvalue weighted by Gasteiger charge is -2.31. The van der Waals surface area contributed by atoms with Crippen molar-refractivity contribution in [3.8, 4) is 0 Å². The summed E-state index contributed by atoms with van der Waals surface area (Å²) in [5.74, 6) is 0. The second kappa shape index (κ2) is 9.01. The Bertz CT molecular complexity index is 933. The van der Waals surface area contributed by atoms with E-state index >= 15 is 0 Å². The third kappa shape index (κ3) is 5.70. The van der Waals surface area contributed by atoms with E-state index in [1.54, 1.807) is 30.3 Å². The quantitative estimate of drug-likeness (QED) is 0.732. The van der Waals surface area contributed by atoms with E-state index < -0.39 is 32.7 Å². The average Bonchev–Trinajstić information content (AvgIpc) is 2.68. The van der Waals surface area contributed by atoms with Crippen molar-refractivity contribution < 1.29 is 26.3 Å². The molecule has 0 aromatic heterocycles. The molecule has 29 heavy (non-hydrogen) atoms. The van der Waals surface area contributed by atoms with E-state index in [0.29, 0.717) is 44.5 Å². The third-order valence-electron chi connectivity index (χ3n) is 4.59. The van der Waals surface area contributed by atoms with Crippen LogP contribution < -0.4 is 4.72 Å². The molecule has 2 aromatic rings. The van der Waals surface area contributed by atoms with Crippen LogP contribution in [-0.2, 0) is 20.9 Å². The van der Waals surface area contributed by atoms with Gasteiger partial charge in [0.05, 0.1) is 29.8 Å². The van der Waals surface area contributed by atoms with Gasteiger partial charge in [-0.1, -0.05) is 41.9 Å². The number of halogens is 4. The van der Waals surface area contributed by atoms with Crippen LogP contribution in [0.2, 0.25) is 5.02 Å². The molecule has 10 heteroatoms. The number of benzene rings is 2. The molecule has 1 fully saturated rings. The van der Waals surface area contributed by atoms with Crippen molar-refractivity contribution in [2.45, 2.75) is 17.1 Å². The summed E-state index contributed by atoms with van der Waals surface area (Å²) in [6, 6.07) is 10.5. The lowest BCUT2D eigenvalue weighted by molar-refractivity contribution is -0.137. The number of hydrogen-bond acceptors (Lipinski definition) is 4. The lowest BCUT2D eigenvalue weighted by atomic mass is 10.1. The summed E-state index contributed by atoms with van der Waals surface area (Å²) in [4.78, 5) is 1.44. The van der Waals surface area contributed by atoms with Crippen molar-refractivity contribution in [1.82, 2.24) is 9.62 Å². The van der Waals surface area contributed by atoms with Gasteiger partial charge in [-0.3, -0.25) is 4.90 Å². The number of alkyl halides is 3. The fourth-order valence-electron chi connectivity index (χ4n) is 3.07. The summed E-state index contributed by atoms with van der Waals surface area (Å²) in [5.41, 5.74) is -0.377. The van der Waals surface area contributed by atoms with Crippen molar-refractivity contribution in [1.29, 1.82) is 0 Å². The first-order chi connectivity index (χ1) is 13.7. The molecule has 158 valence electrons. The topological polar surface area (TPSA) is 58.6 Å². The van der Waals surface area contributed by atoms with Crippen molar-refractivity contribution in [3.05, 3.63) is 64.7 Å². The second-order valence-electron chi connectivity index (χ2n) is 6.64. The van der Waals surface area contributed by atoms with Crippen LogP contribution in [0.1, 0.15) is 17.2 Å². The first-order valence-corrected chi connectivity index (χ1v) is 10.8. The molecule has 0 unspecified atom stereocenters. The highest BCUT2D eigenvalue weighted by molar-refractivity contribution is 7.89. The highest BCUT2D eigenvalue weighted by atomic mass is 35.5.